The first-order valence-electron chi connectivity index (χ1n) is 8.27. The summed E-state index contributed by atoms with van der Waals surface area (Å²) in [7, 11) is 0. The molecule has 2 heterocycles. The number of rotatable bonds is 3. The van der Waals surface area contributed by atoms with E-state index in [0.29, 0.717) is 36.9 Å². The van der Waals surface area contributed by atoms with E-state index in [-0.39, 0.29) is 23.5 Å². The van der Waals surface area contributed by atoms with Gasteiger partial charge in [0.1, 0.15) is 0 Å². The molecule has 0 spiro atoms. The molecule has 1 aromatic heterocycles. The van der Waals surface area contributed by atoms with Crippen molar-refractivity contribution >= 4 is 22.8 Å². The third-order valence-corrected chi connectivity index (χ3v) is 4.93. The Balaban J connectivity index is 1.85. The Bertz CT molecular complexity index is 939. The Morgan fingerprint density at radius 1 is 1.23 bits per heavy atom. The summed E-state index contributed by atoms with van der Waals surface area (Å²) in [5.74, 6) is -2.48. The standard InChI is InChI=1S/C18H19NO7/c1-9-11-2-3-13(20)15(22)16(11)26-18(25)12(9)8-14(21)19-6-4-10(5-7-19)17(23)24/h2-3,10,20,22H,4-8H2,1H3,(H,23,24). The molecule has 1 fully saturated rings. The summed E-state index contributed by atoms with van der Waals surface area (Å²) in [6.07, 6.45) is 0.614. The fourth-order valence-corrected chi connectivity index (χ4v) is 3.27. The van der Waals surface area contributed by atoms with E-state index in [1.54, 1.807) is 11.8 Å². The molecule has 1 aliphatic rings. The van der Waals surface area contributed by atoms with Gasteiger partial charge in [0.25, 0.3) is 0 Å². The Labute approximate surface area is 148 Å². The number of benzene rings is 1. The van der Waals surface area contributed by atoms with Gasteiger partial charge in [-0.2, -0.15) is 0 Å². The second-order valence-corrected chi connectivity index (χ2v) is 6.47. The number of carbonyl (C=O) groups is 2. The number of amides is 1. The van der Waals surface area contributed by atoms with E-state index < -0.39 is 29.0 Å². The van der Waals surface area contributed by atoms with E-state index in [9.17, 15) is 24.6 Å². The molecule has 1 aliphatic heterocycles. The zero-order valence-corrected chi connectivity index (χ0v) is 14.2. The number of hydrogen-bond donors (Lipinski definition) is 3. The van der Waals surface area contributed by atoms with E-state index in [2.05, 4.69) is 0 Å². The molecule has 138 valence electrons. The maximum absolute atomic E-state index is 12.5. The highest BCUT2D eigenvalue weighted by Crippen LogP contribution is 2.34. The molecule has 0 bridgehead atoms. The number of phenols is 2. The molecule has 1 amide bonds. The lowest BCUT2D eigenvalue weighted by atomic mass is 9.96. The lowest BCUT2D eigenvalue weighted by Gasteiger charge is -2.30. The van der Waals surface area contributed by atoms with Crippen LogP contribution in [-0.2, 0) is 16.0 Å². The van der Waals surface area contributed by atoms with Crippen LogP contribution in [0.4, 0.5) is 0 Å². The van der Waals surface area contributed by atoms with Crippen molar-refractivity contribution in [1.82, 2.24) is 4.90 Å². The number of phenolic OH excluding ortho intramolecular Hbond substituents is 2. The number of hydrogen-bond acceptors (Lipinski definition) is 6. The van der Waals surface area contributed by atoms with Crippen LogP contribution < -0.4 is 5.63 Å². The van der Waals surface area contributed by atoms with Gasteiger partial charge in [0.05, 0.1) is 17.9 Å². The number of piperidine rings is 1. The Morgan fingerprint density at radius 2 is 1.88 bits per heavy atom. The summed E-state index contributed by atoms with van der Waals surface area (Å²) in [6, 6.07) is 2.79. The van der Waals surface area contributed by atoms with Crippen molar-refractivity contribution in [3.63, 3.8) is 0 Å². The molecular weight excluding hydrogens is 342 g/mol. The first-order valence-corrected chi connectivity index (χ1v) is 8.27. The van der Waals surface area contributed by atoms with Crippen molar-refractivity contribution in [2.45, 2.75) is 26.2 Å². The average Bonchev–Trinajstić information content (AvgIpc) is 2.62. The van der Waals surface area contributed by atoms with Crippen LogP contribution in [0.1, 0.15) is 24.0 Å². The first kappa shape index (κ1) is 17.8. The molecule has 2 aromatic rings. The van der Waals surface area contributed by atoms with Gasteiger partial charge in [0.15, 0.2) is 11.3 Å². The molecule has 3 N–H and O–H groups in total. The quantitative estimate of drug-likeness (QED) is 0.556. The number of carboxylic acids is 1. The molecule has 8 nitrogen and oxygen atoms in total. The van der Waals surface area contributed by atoms with Gasteiger partial charge in [0, 0.05) is 18.5 Å². The van der Waals surface area contributed by atoms with Crippen LogP contribution in [0.5, 0.6) is 11.5 Å². The van der Waals surface area contributed by atoms with Crippen molar-refractivity contribution in [2.24, 2.45) is 5.92 Å². The number of likely N-dealkylation sites (tertiary alicyclic amines) is 1. The van der Waals surface area contributed by atoms with Crippen molar-refractivity contribution in [3.8, 4) is 11.5 Å². The zero-order chi connectivity index (χ0) is 19.0. The molecule has 0 atom stereocenters. The van der Waals surface area contributed by atoms with Gasteiger partial charge in [-0.1, -0.05) is 0 Å². The van der Waals surface area contributed by atoms with Crippen molar-refractivity contribution in [1.29, 1.82) is 0 Å². The normalized spacial score (nSPS) is 15.3. The van der Waals surface area contributed by atoms with Crippen LogP contribution in [0, 0.1) is 12.8 Å². The number of nitrogens with zero attached hydrogens (tertiary/aromatic N) is 1. The van der Waals surface area contributed by atoms with Gasteiger partial charge < -0.3 is 24.6 Å². The zero-order valence-electron chi connectivity index (χ0n) is 14.2. The van der Waals surface area contributed by atoms with E-state index >= 15 is 0 Å². The summed E-state index contributed by atoms with van der Waals surface area (Å²) < 4.78 is 5.11. The minimum Gasteiger partial charge on any atom is -0.504 e. The average molecular weight is 361 g/mol. The lowest BCUT2D eigenvalue weighted by molar-refractivity contribution is -0.145. The summed E-state index contributed by atoms with van der Waals surface area (Å²) >= 11 is 0. The Kier molecular flexibility index (Phi) is 4.58. The number of aliphatic carboxylic acids is 1. The van der Waals surface area contributed by atoms with Gasteiger partial charge in [0.2, 0.25) is 11.7 Å². The molecule has 0 unspecified atom stereocenters. The molecule has 0 aliphatic carbocycles. The van der Waals surface area contributed by atoms with E-state index in [4.69, 9.17) is 9.52 Å². The predicted molar refractivity (Wildman–Crippen MR) is 91.2 cm³/mol. The summed E-state index contributed by atoms with van der Waals surface area (Å²) in [6.45, 7) is 2.32. The number of aromatic hydroxyl groups is 2. The smallest absolute Gasteiger partial charge is 0.340 e. The summed E-state index contributed by atoms with van der Waals surface area (Å²) in [5, 5.41) is 28.8. The maximum Gasteiger partial charge on any atom is 0.340 e. The van der Waals surface area contributed by atoms with Crippen molar-refractivity contribution in [3.05, 3.63) is 33.7 Å². The molecular formula is C18H19NO7. The monoisotopic (exact) mass is 361 g/mol. The van der Waals surface area contributed by atoms with Gasteiger partial charge in [-0.05, 0) is 37.5 Å². The van der Waals surface area contributed by atoms with Gasteiger partial charge in [-0.25, -0.2) is 4.79 Å². The van der Waals surface area contributed by atoms with Crippen molar-refractivity contribution < 1.29 is 29.3 Å². The van der Waals surface area contributed by atoms with Crippen LogP contribution in [0.25, 0.3) is 11.0 Å². The number of aryl methyl sites for hydroxylation is 1. The fourth-order valence-electron chi connectivity index (χ4n) is 3.27. The van der Waals surface area contributed by atoms with E-state index in [1.807, 2.05) is 0 Å². The van der Waals surface area contributed by atoms with Gasteiger partial charge in [-0.3, -0.25) is 9.59 Å². The first-order chi connectivity index (χ1) is 12.3. The second kappa shape index (κ2) is 6.70. The van der Waals surface area contributed by atoms with Crippen LogP contribution in [0.15, 0.2) is 21.3 Å². The number of fused-ring (bicyclic) bond motifs is 1. The maximum atomic E-state index is 12.5. The molecule has 0 radical (unpaired) electrons. The molecule has 1 aromatic carbocycles. The number of carbonyl (C=O) groups excluding carboxylic acids is 1. The fraction of sp³-hybridized carbons (Fsp3) is 0.389. The Hall–Kier alpha value is -3.03. The molecule has 1 saturated heterocycles. The minimum atomic E-state index is -0.855. The predicted octanol–water partition coefficient (Wildman–Crippen LogP) is 1.38. The molecule has 26 heavy (non-hydrogen) atoms. The minimum absolute atomic E-state index is 0.119. The van der Waals surface area contributed by atoms with Crippen molar-refractivity contribution in [2.75, 3.05) is 13.1 Å². The van der Waals surface area contributed by atoms with Gasteiger partial charge >= 0.3 is 11.6 Å². The summed E-state index contributed by atoms with van der Waals surface area (Å²) in [5.41, 5.74) is -0.177. The highest BCUT2D eigenvalue weighted by Gasteiger charge is 2.28. The third kappa shape index (κ3) is 3.10. The topological polar surface area (TPSA) is 128 Å². The Morgan fingerprint density at radius 3 is 2.50 bits per heavy atom. The van der Waals surface area contributed by atoms with Gasteiger partial charge in [-0.15, -0.1) is 0 Å². The lowest BCUT2D eigenvalue weighted by Crippen LogP contribution is -2.41. The van der Waals surface area contributed by atoms with Crippen LogP contribution in [0.2, 0.25) is 0 Å². The molecule has 0 saturated carbocycles. The number of carboxylic acid groups (broad SMARTS) is 1. The molecule has 3 rings (SSSR count). The van der Waals surface area contributed by atoms with E-state index in [1.165, 1.54) is 12.1 Å². The highest BCUT2D eigenvalue weighted by atomic mass is 16.4. The summed E-state index contributed by atoms with van der Waals surface area (Å²) in [4.78, 5) is 37.3. The SMILES string of the molecule is Cc1c(CC(=O)N2CCC(C(=O)O)CC2)c(=O)oc2c(O)c(O)ccc12. The highest BCUT2D eigenvalue weighted by molar-refractivity contribution is 5.89. The third-order valence-electron chi connectivity index (χ3n) is 4.93. The second-order valence-electron chi connectivity index (χ2n) is 6.47. The van der Waals surface area contributed by atoms with E-state index in [0.717, 1.165) is 0 Å². The van der Waals surface area contributed by atoms with Crippen LogP contribution in [0.3, 0.4) is 0 Å². The van der Waals surface area contributed by atoms with Crippen LogP contribution >= 0.6 is 0 Å². The largest absolute Gasteiger partial charge is 0.504 e. The molecule has 8 heteroatoms. The van der Waals surface area contributed by atoms with Crippen LogP contribution in [-0.4, -0.2) is 45.2 Å².